The van der Waals surface area contributed by atoms with Crippen LogP contribution >= 0.6 is 0 Å². The van der Waals surface area contributed by atoms with Crippen molar-refractivity contribution >= 4 is 11.9 Å². The highest BCUT2D eigenvalue weighted by Gasteiger charge is 2.65. The lowest BCUT2D eigenvalue weighted by molar-refractivity contribution is -0.149. The topological polar surface area (TPSA) is 84.1 Å². The number of carbonyl (C=O) groups is 2. The van der Waals surface area contributed by atoms with Gasteiger partial charge in [0.05, 0.1) is 25.3 Å². The van der Waals surface area contributed by atoms with Crippen LogP contribution in [0.25, 0.3) is 0 Å². The third-order valence-electron chi connectivity index (χ3n) is 10.3. The number of piperidine rings is 2. The first-order chi connectivity index (χ1) is 18.4. The molecule has 7 rings (SSSR count). The van der Waals surface area contributed by atoms with Crippen molar-refractivity contribution in [3.63, 3.8) is 0 Å². The van der Waals surface area contributed by atoms with E-state index in [1.54, 1.807) is 7.11 Å². The highest BCUT2D eigenvalue weighted by Crippen LogP contribution is 2.67. The van der Waals surface area contributed by atoms with Crippen molar-refractivity contribution in [2.45, 2.75) is 63.5 Å². The Balaban J connectivity index is 1.25. The number of esters is 1. The second kappa shape index (κ2) is 8.50. The van der Waals surface area contributed by atoms with Gasteiger partial charge in [-0.3, -0.25) is 9.59 Å². The molecule has 4 heterocycles. The molecule has 1 unspecified atom stereocenters. The van der Waals surface area contributed by atoms with Crippen LogP contribution in [0, 0.1) is 18.8 Å². The number of fused-ring (bicyclic) bond motifs is 2. The van der Waals surface area contributed by atoms with E-state index in [1.807, 2.05) is 17.9 Å². The number of hydrogen-bond donors (Lipinski definition) is 1. The summed E-state index contributed by atoms with van der Waals surface area (Å²) in [4.78, 5) is 34.0. The number of rotatable bonds is 4. The van der Waals surface area contributed by atoms with Crippen molar-refractivity contribution in [2.24, 2.45) is 11.8 Å². The number of likely N-dealkylation sites (N-methyl/N-ethyl adjacent to an activating group) is 1. The van der Waals surface area contributed by atoms with E-state index in [4.69, 9.17) is 14.2 Å². The minimum Gasteiger partial charge on any atom is -0.493 e. The summed E-state index contributed by atoms with van der Waals surface area (Å²) < 4.78 is 17.8. The summed E-state index contributed by atoms with van der Waals surface area (Å²) >= 11 is 0. The fourth-order valence-electron chi connectivity index (χ4n) is 8.39. The van der Waals surface area contributed by atoms with Crippen molar-refractivity contribution in [1.29, 1.82) is 0 Å². The number of hydrogen-bond acceptors (Lipinski definition) is 6. The molecule has 1 spiro atoms. The minimum absolute atomic E-state index is 0.0218. The zero-order valence-electron chi connectivity index (χ0n) is 22.8. The molecule has 2 aromatic rings. The SMILES string of the molecule is CCOC(=O)C1CCN(C(=O)c2[nH]c3c(c2C)C[C@H]2[C@H]4Cc5ccc(OC)c6c5C2(CCN4C)[C@H]3O6)CC1. The van der Waals surface area contributed by atoms with Crippen LogP contribution in [0.4, 0.5) is 0 Å². The number of ether oxygens (including phenoxy) is 3. The number of aromatic amines is 1. The molecule has 3 aliphatic heterocycles. The number of amides is 1. The van der Waals surface area contributed by atoms with Gasteiger partial charge >= 0.3 is 5.97 Å². The predicted molar refractivity (Wildman–Crippen MR) is 141 cm³/mol. The maximum atomic E-state index is 13.8. The van der Waals surface area contributed by atoms with Crippen LogP contribution in [0.15, 0.2) is 12.1 Å². The first-order valence-electron chi connectivity index (χ1n) is 14.1. The second-order valence-corrected chi connectivity index (χ2v) is 11.8. The van der Waals surface area contributed by atoms with Gasteiger partial charge in [0.15, 0.2) is 11.5 Å². The van der Waals surface area contributed by atoms with Crippen molar-refractivity contribution in [1.82, 2.24) is 14.8 Å². The van der Waals surface area contributed by atoms with E-state index in [9.17, 15) is 9.59 Å². The number of nitrogens with one attached hydrogen (secondary N) is 1. The molecular formula is C30H37N3O5. The van der Waals surface area contributed by atoms with Gasteiger partial charge < -0.3 is 29.0 Å². The Morgan fingerprint density at radius 3 is 2.71 bits per heavy atom. The summed E-state index contributed by atoms with van der Waals surface area (Å²) in [5.41, 5.74) is 6.66. The van der Waals surface area contributed by atoms with Gasteiger partial charge in [-0.15, -0.1) is 0 Å². The predicted octanol–water partition coefficient (Wildman–Crippen LogP) is 3.55. The summed E-state index contributed by atoms with van der Waals surface area (Å²) in [6.07, 6.45) is 4.14. The zero-order chi connectivity index (χ0) is 26.3. The molecule has 1 aromatic heterocycles. The molecule has 1 aromatic carbocycles. The first-order valence-corrected chi connectivity index (χ1v) is 14.1. The second-order valence-electron chi connectivity index (χ2n) is 11.8. The molecule has 5 aliphatic rings. The molecule has 38 heavy (non-hydrogen) atoms. The number of likely N-dealkylation sites (tertiary alicyclic amines) is 2. The Morgan fingerprint density at radius 1 is 1.18 bits per heavy atom. The number of methoxy groups -OCH3 is 1. The third kappa shape index (κ3) is 3.07. The molecule has 1 amide bonds. The van der Waals surface area contributed by atoms with Gasteiger partial charge in [0.1, 0.15) is 11.8 Å². The summed E-state index contributed by atoms with van der Waals surface area (Å²) in [7, 11) is 3.97. The van der Waals surface area contributed by atoms with Crippen LogP contribution in [0.2, 0.25) is 0 Å². The van der Waals surface area contributed by atoms with E-state index >= 15 is 0 Å². The van der Waals surface area contributed by atoms with Crippen LogP contribution in [0.5, 0.6) is 11.5 Å². The standard InChI is InChI=1S/C30H37N3O5/c1-5-37-29(35)17-8-11-33(12-9-17)28(34)24-16(2)19-15-20-21-14-18-6-7-22(36-4)26-23(18)30(20,10-13-32(21)3)27(38-26)25(19)31-24/h6-7,17,20-21,27,31H,5,8-15H2,1-4H3/t20-,21+,27-,30?/m0/s1. The largest absolute Gasteiger partial charge is 0.493 e. The summed E-state index contributed by atoms with van der Waals surface area (Å²) in [5, 5.41) is 0. The lowest BCUT2D eigenvalue weighted by Crippen LogP contribution is -2.62. The molecule has 202 valence electrons. The fraction of sp³-hybridized carbons (Fsp3) is 0.600. The number of aromatic nitrogens is 1. The Kier molecular flexibility index (Phi) is 5.38. The Morgan fingerprint density at radius 2 is 1.97 bits per heavy atom. The Bertz CT molecular complexity index is 1330. The van der Waals surface area contributed by atoms with Crippen molar-refractivity contribution in [2.75, 3.05) is 40.4 Å². The average molecular weight is 520 g/mol. The molecule has 4 atom stereocenters. The number of nitrogens with zero attached hydrogens (tertiary/aromatic N) is 2. The van der Waals surface area contributed by atoms with E-state index in [-0.39, 0.29) is 29.3 Å². The van der Waals surface area contributed by atoms with Crippen molar-refractivity contribution in [3.05, 3.63) is 45.8 Å². The molecule has 2 bridgehead atoms. The van der Waals surface area contributed by atoms with Crippen LogP contribution < -0.4 is 9.47 Å². The molecule has 2 fully saturated rings. The van der Waals surface area contributed by atoms with Gasteiger partial charge in [-0.05, 0) is 88.2 Å². The van der Waals surface area contributed by atoms with Crippen LogP contribution in [-0.4, -0.2) is 73.1 Å². The Hall–Kier alpha value is -3.00. The van der Waals surface area contributed by atoms with Crippen LogP contribution in [0.1, 0.15) is 70.7 Å². The van der Waals surface area contributed by atoms with Gasteiger partial charge in [0.25, 0.3) is 5.91 Å². The molecular weight excluding hydrogens is 482 g/mol. The van der Waals surface area contributed by atoms with E-state index in [1.165, 1.54) is 16.7 Å². The smallest absolute Gasteiger partial charge is 0.309 e. The maximum Gasteiger partial charge on any atom is 0.309 e. The van der Waals surface area contributed by atoms with Gasteiger partial charge in [0, 0.05) is 30.1 Å². The molecule has 8 heteroatoms. The maximum absolute atomic E-state index is 13.8. The van der Waals surface area contributed by atoms with E-state index < -0.39 is 0 Å². The number of H-pyrrole nitrogens is 1. The van der Waals surface area contributed by atoms with Gasteiger partial charge in [-0.1, -0.05) is 6.07 Å². The molecule has 2 saturated heterocycles. The molecule has 0 radical (unpaired) electrons. The number of benzene rings is 1. The summed E-state index contributed by atoms with van der Waals surface area (Å²) in [6.45, 7) is 6.48. The number of carbonyl (C=O) groups excluding carboxylic acids is 2. The Labute approximate surface area is 223 Å². The van der Waals surface area contributed by atoms with E-state index in [0.29, 0.717) is 50.2 Å². The first kappa shape index (κ1) is 24.1. The fourth-order valence-corrected chi connectivity index (χ4v) is 8.39. The monoisotopic (exact) mass is 519 g/mol. The van der Waals surface area contributed by atoms with Gasteiger partial charge in [-0.25, -0.2) is 0 Å². The van der Waals surface area contributed by atoms with Crippen LogP contribution in [0.3, 0.4) is 0 Å². The van der Waals surface area contributed by atoms with E-state index in [0.717, 1.165) is 48.6 Å². The van der Waals surface area contributed by atoms with Crippen molar-refractivity contribution < 1.29 is 23.8 Å². The lowest BCUT2D eigenvalue weighted by atomic mass is 9.51. The highest BCUT2D eigenvalue weighted by molar-refractivity contribution is 5.95. The van der Waals surface area contributed by atoms with Gasteiger partial charge in [0.2, 0.25) is 0 Å². The normalized spacial score (nSPS) is 29.4. The van der Waals surface area contributed by atoms with Crippen LogP contribution in [-0.2, 0) is 27.8 Å². The minimum atomic E-state index is -0.146. The molecule has 0 saturated carbocycles. The average Bonchev–Trinajstić information content (AvgIpc) is 3.45. The third-order valence-corrected chi connectivity index (χ3v) is 10.3. The molecule has 2 aliphatic carbocycles. The quantitative estimate of drug-likeness (QED) is 0.622. The summed E-state index contributed by atoms with van der Waals surface area (Å²) in [6, 6.07) is 4.73. The highest BCUT2D eigenvalue weighted by atomic mass is 16.5. The molecule has 1 N–H and O–H groups in total. The lowest BCUT2D eigenvalue weighted by Gasteiger charge is -2.57. The van der Waals surface area contributed by atoms with Gasteiger partial charge in [-0.2, -0.15) is 0 Å². The zero-order valence-corrected chi connectivity index (χ0v) is 22.8. The molecule has 8 nitrogen and oxygen atoms in total. The van der Waals surface area contributed by atoms with Crippen molar-refractivity contribution in [3.8, 4) is 11.5 Å². The van der Waals surface area contributed by atoms with E-state index in [2.05, 4.69) is 29.9 Å². The summed E-state index contributed by atoms with van der Waals surface area (Å²) in [5.74, 6) is 1.89.